The van der Waals surface area contributed by atoms with Crippen molar-refractivity contribution in [3.05, 3.63) is 23.7 Å². The monoisotopic (exact) mass is 207 g/mol. The molecule has 1 aromatic heterocycles. The number of nitrogens with zero attached hydrogens (tertiary/aromatic N) is 1. The fourth-order valence-electron chi connectivity index (χ4n) is 2.14. The van der Waals surface area contributed by atoms with Crippen LogP contribution in [0.3, 0.4) is 0 Å². The summed E-state index contributed by atoms with van der Waals surface area (Å²) in [6.45, 7) is 2.85. The number of hydrogen-bond donors (Lipinski definition) is 0. The second-order valence-corrected chi connectivity index (χ2v) is 4.35. The quantitative estimate of drug-likeness (QED) is 0.761. The molecule has 3 heteroatoms. The Labute approximate surface area is 90.1 Å². The molecule has 1 aliphatic carbocycles. The van der Waals surface area contributed by atoms with Crippen LogP contribution in [-0.4, -0.2) is 23.8 Å². The highest BCUT2D eigenvalue weighted by Crippen LogP contribution is 2.22. The largest absolute Gasteiger partial charge is 0.469 e. The zero-order valence-corrected chi connectivity index (χ0v) is 9.32. The average molecular weight is 207 g/mol. The van der Waals surface area contributed by atoms with Crippen molar-refractivity contribution in [1.29, 1.82) is 0 Å². The van der Waals surface area contributed by atoms with Crippen molar-refractivity contribution in [2.75, 3.05) is 7.05 Å². The number of carbonyl (C=O) groups is 1. The number of ketones is 1. The Morgan fingerprint density at radius 3 is 2.93 bits per heavy atom. The Bertz CT molecular complexity index is 356. The summed E-state index contributed by atoms with van der Waals surface area (Å²) >= 11 is 0. The highest BCUT2D eigenvalue weighted by Gasteiger charge is 2.25. The second kappa shape index (κ2) is 4.19. The van der Waals surface area contributed by atoms with Crippen molar-refractivity contribution in [1.82, 2.24) is 4.90 Å². The maximum Gasteiger partial charge on any atom is 0.134 e. The topological polar surface area (TPSA) is 33.5 Å². The van der Waals surface area contributed by atoms with Gasteiger partial charge in [0.1, 0.15) is 11.5 Å². The van der Waals surface area contributed by atoms with Crippen LogP contribution < -0.4 is 0 Å². The third-order valence-corrected chi connectivity index (χ3v) is 3.23. The van der Waals surface area contributed by atoms with Crippen LogP contribution in [0.15, 0.2) is 16.7 Å². The molecule has 1 atom stereocenters. The minimum Gasteiger partial charge on any atom is -0.469 e. The molecule has 1 aromatic rings. The lowest BCUT2D eigenvalue weighted by Crippen LogP contribution is -2.29. The number of aryl methyl sites for hydroxylation is 1. The van der Waals surface area contributed by atoms with Gasteiger partial charge in [-0.15, -0.1) is 0 Å². The van der Waals surface area contributed by atoms with Gasteiger partial charge in [-0.3, -0.25) is 9.69 Å². The van der Waals surface area contributed by atoms with E-state index in [9.17, 15) is 4.79 Å². The minimum absolute atomic E-state index is 0.399. The zero-order chi connectivity index (χ0) is 10.8. The molecule has 0 spiro atoms. The van der Waals surface area contributed by atoms with Gasteiger partial charge >= 0.3 is 0 Å². The van der Waals surface area contributed by atoms with E-state index in [2.05, 4.69) is 11.9 Å². The van der Waals surface area contributed by atoms with E-state index in [-0.39, 0.29) is 0 Å². The van der Waals surface area contributed by atoms with Crippen molar-refractivity contribution in [2.24, 2.45) is 0 Å². The van der Waals surface area contributed by atoms with E-state index >= 15 is 0 Å². The predicted octanol–water partition coefficient (Wildman–Crippen LogP) is 2.14. The van der Waals surface area contributed by atoms with E-state index in [4.69, 9.17) is 4.42 Å². The summed E-state index contributed by atoms with van der Waals surface area (Å²) in [5.41, 5.74) is 1.22. The highest BCUT2D eigenvalue weighted by atomic mass is 16.3. The van der Waals surface area contributed by atoms with Crippen molar-refractivity contribution in [3.63, 3.8) is 0 Å². The van der Waals surface area contributed by atoms with Gasteiger partial charge in [0.2, 0.25) is 0 Å². The van der Waals surface area contributed by atoms with Gasteiger partial charge in [0.05, 0.1) is 6.26 Å². The third kappa shape index (κ3) is 2.29. The second-order valence-electron chi connectivity index (χ2n) is 4.35. The lowest BCUT2D eigenvalue weighted by molar-refractivity contribution is -0.117. The molecule has 1 aliphatic rings. The van der Waals surface area contributed by atoms with Crippen molar-refractivity contribution in [3.8, 4) is 0 Å². The number of rotatable bonds is 3. The Hall–Kier alpha value is -1.09. The molecule has 0 saturated heterocycles. The van der Waals surface area contributed by atoms with Crippen LogP contribution in [0.5, 0.6) is 0 Å². The summed E-state index contributed by atoms with van der Waals surface area (Å²) in [4.78, 5) is 13.4. The molecular weight excluding hydrogens is 190 g/mol. The molecule has 1 fully saturated rings. The predicted molar refractivity (Wildman–Crippen MR) is 57.6 cm³/mol. The Balaban J connectivity index is 1.95. The molecule has 0 N–H and O–H groups in total. The Kier molecular flexibility index (Phi) is 2.91. The molecular formula is C12H17NO2. The number of carbonyl (C=O) groups excluding carboxylic acids is 1. The summed E-state index contributed by atoms with van der Waals surface area (Å²) in [5.74, 6) is 1.38. The van der Waals surface area contributed by atoms with E-state index in [1.165, 1.54) is 5.56 Å². The van der Waals surface area contributed by atoms with E-state index in [1.807, 2.05) is 13.0 Å². The van der Waals surface area contributed by atoms with Crippen LogP contribution in [0.4, 0.5) is 0 Å². The standard InChI is InChI=1S/C12H17NO2/c1-9-10(5-6-15-9)8-13(2)11-3-4-12(14)7-11/h5-6,11H,3-4,7-8H2,1-2H3. The van der Waals surface area contributed by atoms with Gasteiger partial charge in [-0.2, -0.15) is 0 Å². The van der Waals surface area contributed by atoms with E-state index in [1.54, 1.807) is 6.26 Å². The van der Waals surface area contributed by atoms with Gasteiger partial charge in [-0.25, -0.2) is 0 Å². The van der Waals surface area contributed by atoms with Crippen molar-refractivity contribution >= 4 is 5.78 Å². The first-order valence-corrected chi connectivity index (χ1v) is 5.41. The van der Waals surface area contributed by atoms with Gasteiger partial charge < -0.3 is 4.42 Å². The maximum absolute atomic E-state index is 11.2. The summed E-state index contributed by atoms with van der Waals surface area (Å²) in [7, 11) is 2.08. The third-order valence-electron chi connectivity index (χ3n) is 3.23. The van der Waals surface area contributed by atoms with Crippen LogP contribution in [0.1, 0.15) is 30.6 Å². The SMILES string of the molecule is Cc1occc1CN(C)C1CCC(=O)C1. The highest BCUT2D eigenvalue weighted by molar-refractivity contribution is 5.81. The fraction of sp³-hybridized carbons (Fsp3) is 0.583. The molecule has 0 aliphatic heterocycles. The van der Waals surface area contributed by atoms with E-state index < -0.39 is 0 Å². The number of Topliss-reactive ketones (excluding diaryl/α,β-unsaturated/α-hetero) is 1. The van der Waals surface area contributed by atoms with Gasteiger partial charge in [0.15, 0.2) is 0 Å². The number of furan rings is 1. The van der Waals surface area contributed by atoms with Crippen molar-refractivity contribution < 1.29 is 9.21 Å². The molecule has 15 heavy (non-hydrogen) atoms. The van der Waals surface area contributed by atoms with Crippen LogP contribution in [0.25, 0.3) is 0 Å². The fourth-order valence-corrected chi connectivity index (χ4v) is 2.14. The molecule has 2 rings (SSSR count). The molecule has 1 saturated carbocycles. The smallest absolute Gasteiger partial charge is 0.134 e. The molecule has 0 bridgehead atoms. The van der Waals surface area contributed by atoms with Crippen LogP contribution in [-0.2, 0) is 11.3 Å². The molecule has 3 nitrogen and oxygen atoms in total. The molecule has 0 amide bonds. The Morgan fingerprint density at radius 1 is 1.60 bits per heavy atom. The summed E-state index contributed by atoms with van der Waals surface area (Å²) in [5, 5.41) is 0. The average Bonchev–Trinajstić information content (AvgIpc) is 2.77. The van der Waals surface area contributed by atoms with Gasteiger partial charge in [-0.05, 0) is 26.5 Å². The van der Waals surface area contributed by atoms with Gasteiger partial charge in [0, 0.05) is 31.0 Å². The lowest BCUT2D eigenvalue weighted by Gasteiger charge is -2.22. The normalized spacial score (nSPS) is 21.5. The van der Waals surface area contributed by atoms with E-state index in [0.717, 1.165) is 25.1 Å². The minimum atomic E-state index is 0.399. The Morgan fingerprint density at radius 2 is 2.40 bits per heavy atom. The van der Waals surface area contributed by atoms with E-state index in [0.29, 0.717) is 18.2 Å². The first-order valence-electron chi connectivity index (χ1n) is 5.41. The molecule has 82 valence electrons. The lowest BCUT2D eigenvalue weighted by atomic mass is 10.2. The molecule has 1 unspecified atom stereocenters. The first-order chi connectivity index (χ1) is 7.16. The van der Waals surface area contributed by atoms with Crippen LogP contribution in [0, 0.1) is 6.92 Å². The summed E-state index contributed by atoms with van der Waals surface area (Å²) in [6.07, 6.45) is 4.19. The van der Waals surface area contributed by atoms with Crippen LogP contribution in [0.2, 0.25) is 0 Å². The summed E-state index contributed by atoms with van der Waals surface area (Å²) in [6, 6.07) is 2.43. The van der Waals surface area contributed by atoms with Crippen molar-refractivity contribution in [2.45, 2.75) is 38.8 Å². The zero-order valence-electron chi connectivity index (χ0n) is 9.32. The maximum atomic E-state index is 11.2. The van der Waals surface area contributed by atoms with Gasteiger partial charge in [-0.1, -0.05) is 0 Å². The molecule has 0 aromatic carbocycles. The first kappa shape index (κ1) is 10.4. The van der Waals surface area contributed by atoms with Crippen LogP contribution >= 0.6 is 0 Å². The van der Waals surface area contributed by atoms with Gasteiger partial charge in [0.25, 0.3) is 0 Å². The number of hydrogen-bond acceptors (Lipinski definition) is 3. The molecule has 1 heterocycles. The summed E-state index contributed by atoms with van der Waals surface area (Å²) < 4.78 is 5.26. The molecule has 0 radical (unpaired) electrons.